The average Bonchev–Trinajstić information content (AvgIpc) is 3.14. The molecular weight excluding hydrogens is 430 g/mol. The number of hydrogen-bond donors (Lipinski definition) is 2. The summed E-state index contributed by atoms with van der Waals surface area (Å²) in [6, 6.07) is 17.8. The van der Waals surface area contributed by atoms with E-state index in [0.29, 0.717) is 33.3 Å². The number of benzene rings is 3. The highest BCUT2D eigenvalue weighted by molar-refractivity contribution is 6.31. The maximum atomic E-state index is 12.6. The Kier molecular flexibility index (Phi) is 6.09. The fourth-order valence-corrected chi connectivity index (χ4v) is 3.52. The van der Waals surface area contributed by atoms with E-state index >= 15 is 0 Å². The van der Waals surface area contributed by atoms with Crippen molar-refractivity contribution in [2.24, 2.45) is 5.10 Å². The molecule has 0 unspecified atom stereocenters. The first kappa shape index (κ1) is 21.4. The average molecular weight is 450 g/mol. The Morgan fingerprint density at radius 2 is 1.84 bits per heavy atom. The molecule has 162 valence electrons. The van der Waals surface area contributed by atoms with Crippen LogP contribution in [0.2, 0.25) is 5.02 Å². The van der Waals surface area contributed by atoms with Gasteiger partial charge in [-0.05, 0) is 37.3 Å². The Hall–Kier alpha value is -3.84. The number of amides is 2. The molecule has 0 atom stereocenters. The van der Waals surface area contributed by atoms with E-state index in [9.17, 15) is 9.59 Å². The molecule has 3 aromatic carbocycles. The van der Waals surface area contributed by atoms with Crippen molar-refractivity contribution in [3.63, 3.8) is 0 Å². The summed E-state index contributed by atoms with van der Waals surface area (Å²) in [5, 5.41) is 9.14. The lowest BCUT2D eigenvalue weighted by Crippen LogP contribution is -2.21. The molecular formula is C24H20ClN3O4. The Bertz CT molecular complexity index is 1360. The Balaban J connectivity index is 1.46. The van der Waals surface area contributed by atoms with Crippen molar-refractivity contribution in [2.45, 2.75) is 13.3 Å². The van der Waals surface area contributed by atoms with Crippen LogP contribution < -0.4 is 15.5 Å². The first-order chi connectivity index (χ1) is 15.4. The first-order valence-corrected chi connectivity index (χ1v) is 10.2. The number of anilines is 1. The van der Waals surface area contributed by atoms with Gasteiger partial charge in [-0.2, -0.15) is 5.10 Å². The van der Waals surface area contributed by atoms with Crippen LogP contribution in [0.25, 0.3) is 21.9 Å². The Morgan fingerprint density at radius 1 is 1.03 bits per heavy atom. The van der Waals surface area contributed by atoms with E-state index < -0.39 is 5.91 Å². The summed E-state index contributed by atoms with van der Waals surface area (Å²) in [6.45, 7) is 1.65. The van der Waals surface area contributed by atoms with Gasteiger partial charge in [-0.15, -0.1) is 0 Å². The topological polar surface area (TPSA) is 92.9 Å². The standard InChI is InChI=1S/C24H20ClN3O4/c1-14(27-28-24(30)15-6-5-7-16(25)11-15)10-23(29)26-19-13-21-18(12-22(19)31-2)17-8-3-4-9-20(17)32-21/h3-9,11-13H,10H2,1-2H3,(H,26,29)(H,28,30)/b27-14-. The molecule has 0 aliphatic heterocycles. The number of furan rings is 1. The number of methoxy groups -OCH3 is 1. The van der Waals surface area contributed by atoms with E-state index in [1.807, 2.05) is 30.3 Å². The third kappa shape index (κ3) is 4.58. The molecule has 1 aromatic heterocycles. The molecule has 0 aliphatic rings. The minimum Gasteiger partial charge on any atom is -0.495 e. The van der Waals surface area contributed by atoms with E-state index in [1.54, 1.807) is 31.2 Å². The fourth-order valence-electron chi connectivity index (χ4n) is 3.32. The van der Waals surface area contributed by atoms with E-state index in [2.05, 4.69) is 15.8 Å². The number of nitrogens with one attached hydrogen (secondary N) is 2. The molecule has 0 aliphatic carbocycles. The van der Waals surface area contributed by atoms with Crippen LogP contribution in [0.3, 0.4) is 0 Å². The molecule has 8 heteroatoms. The number of hydrogen-bond acceptors (Lipinski definition) is 5. The molecule has 2 amide bonds. The second-order valence-electron chi connectivity index (χ2n) is 7.17. The van der Waals surface area contributed by atoms with Crippen molar-refractivity contribution < 1.29 is 18.7 Å². The molecule has 1 heterocycles. The second-order valence-corrected chi connectivity index (χ2v) is 7.61. The van der Waals surface area contributed by atoms with Gasteiger partial charge < -0.3 is 14.5 Å². The second kappa shape index (κ2) is 9.11. The number of nitrogens with zero attached hydrogens (tertiary/aromatic N) is 1. The van der Waals surface area contributed by atoms with Crippen molar-refractivity contribution in [3.05, 3.63) is 71.2 Å². The molecule has 0 spiro atoms. The van der Waals surface area contributed by atoms with Gasteiger partial charge in [-0.3, -0.25) is 9.59 Å². The maximum absolute atomic E-state index is 12.6. The summed E-state index contributed by atoms with van der Waals surface area (Å²) in [7, 11) is 1.54. The summed E-state index contributed by atoms with van der Waals surface area (Å²) in [4.78, 5) is 24.7. The van der Waals surface area contributed by atoms with Gasteiger partial charge >= 0.3 is 0 Å². The van der Waals surface area contributed by atoms with Crippen molar-refractivity contribution in [2.75, 3.05) is 12.4 Å². The lowest BCUT2D eigenvalue weighted by atomic mass is 10.1. The minimum atomic E-state index is -0.413. The molecule has 4 rings (SSSR count). The first-order valence-electron chi connectivity index (χ1n) is 9.83. The zero-order chi connectivity index (χ0) is 22.7. The van der Waals surface area contributed by atoms with Crippen LogP contribution in [0.4, 0.5) is 5.69 Å². The van der Waals surface area contributed by atoms with Crippen LogP contribution in [0.15, 0.2) is 70.2 Å². The number of hydrazone groups is 1. The molecule has 0 fully saturated rings. The third-order valence-electron chi connectivity index (χ3n) is 4.82. The monoisotopic (exact) mass is 449 g/mol. The number of carbonyl (C=O) groups excluding carboxylic acids is 2. The lowest BCUT2D eigenvalue weighted by Gasteiger charge is -2.10. The van der Waals surface area contributed by atoms with E-state index in [0.717, 1.165) is 16.4 Å². The van der Waals surface area contributed by atoms with Crippen LogP contribution in [-0.4, -0.2) is 24.6 Å². The number of halogens is 1. The van der Waals surface area contributed by atoms with E-state index in [-0.39, 0.29) is 12.3 Å². The molecule has 0 saturated heterocycles. The van der Waals surface area contributed by atoms with Crippen LogP contribution in [0.1, 0.15) is 23.7 Å². The highest BCUT2D eigenvalue weighted by Gasteiger charge is 2.15. The van der Waals surface area contributed by atoms with Crippen LogP contribution in [0, 0.1) is 0 Å². The Labute approximate surface area is 189 Å². The van der Waals surface area contributed by atoms with Crippen molar-refractivity contribution >= 4 is 56.8 Å². The van der Waals surface area contributed by atoms with Crippen molar-refractivity contribution in [1.82, 2.24) is 5.43 Å². The number of carbonyl (C=O) groups is 2. The highest BCUT2D eigenvalue weighted by Crippen LogP contribution is 2.36. The van der Waals surface area contributed by atoms with Gasteiger partial charge in [0.15, 0.2) is 0 Å². The van der Waals surface area contributed by atoms with Gasteiger partial charge in [0.05, 0.1) is 19.2 Å². The zero-order valence-electron chi connectivity index (χ0n) is 17.4. The molecule has 0 bridgehead atoms. The van der Waals surface area contributed by atoms with Gasteiger partial charge in [0.1, 0.15) is 16.9 Å². The zero-order valence-corrected chi connectivity index (χ0v) is 18.2. The van der Waals surface area contributed by atoms with Crippen LogP contribution in [-0.2, 0) is 4.79 Å². The lowest BCUT2D eigenvalue weighted by molar-refractivity contribution is -0.115. The predicted octanol–water partition coefficient (Wildman–Crippen LogP) is 5.38. The molecule has 2 N–H and O–H groups in total. The third-order valence-corrected chi connectivity index (χ3v) is 5.06. The molecule has 7 nitrogen and oxygen atoms in total. The molecule has 0 radical (unpaired) electrons. The van der Waals surface area contributed by atoms with Gasteiger partial charge in [0.2, 0.25) is 5.91 Å². The van der Waals surface area contributed by atoms with E-state index in [1.165, 1.54) is 13.2 Å². The summed E-state index contributed by atoms with van der Waals surface area (Å²) < 4.78 is 11.3. The number of para-hydroxylation sites is 1. The summed E-state index contributed by atoms with van der Waals surface area (Å²) in [6.07, 6.45) is -0.0167. The molecule has 4 aromatic rings. The van der Waals surface area contributed by atoms with Crippen molar-refractivity contribution in [1.29, 1.82) is 0 Å². The normalized spacial score (nSPS) is 11.5. The molecule has 0 saturated carbocycles. The van der Waals surface area contributed by atoms with Gasteiger partial charge in [0.25, 0.3) is 5.91 Å². The predicted molar refractivity (Wildman–Crippen MR) is 126 cm³/mol. The Morgan fingerprint density at radius 3 is 2.62 bits per heavy atom. The summed E-state index contributed by atoms with van der Waals surface area (Å²) >= 11 is 5.90. The molecule has 32 heavy (non-hydrogen) atoms. The van der Waals surface area contributed by atoms with Gasteiger partial charge in [0, 0.05) is 33.1 Å². The highest BCUT2D eigenvalue weighted by atomic mass is 35.5. The minimum absolute atomic E-state index is 0.0167. The van der Waals surface area contributed by atoms with Crippen LogP contribution >= 0.6 is 11.6 Å². The number of fused-ring (bicyclic) bond motifs is 3. The van der Waals surface area contributed by atoms with E-state index in [4.69, 9.17) is 20.8 Å². The van der Waals surface area contributed by atoms with Crippen LogP contribution in [0.5, 0.6) is 5.75 Å². The van der Waals surface area contributed by atoms with Crippen molar-refractivity contribution in [3.8, 4) is 5.75 Å². The number of rotatable bonds is 6. The largest absolute Gasteiger partial charge is 0.495 e. The maximum Gasteiger partial charge on any atom is 0.271 e. The number of ether oxygens (including phenoxy) is 1. The van der Waals surface area contributed by atoms with Gasteiger partial charge in [-0.25, -0.2) is 5.43 Å². The summed E-state index contributed by atoms with van der Waals surface area (Å²) in [5.74, 6) is -0.206. The smallest absolute Gasteiger partial charge is 0.271 e. The SMILES string of the molecule is COc1cc2c(cc1NC(=O)C/C(C)=N\NC(=O)c1cccc(Cl)c1)oc1ccccc12. The van der Waals surface area contributed by atoms with Gasteiger partial charge in [-0.1, -0.05) is 35.9 Å². The fraction of sp³-hybridized carbons (Fsp3) is 0.125. The quantitative estimate of drug-likeness (QED) is 0.305. The summed E-state index contributed by atoms with van der Waals surface area (Å²) in [5.41, 5.74) is 5.12.